The Bertz CT molecular complexity index is 722. The summed E-state index contributed by atoms with van der Waals surface area (Å²) in [5.41, 5.74) is 1.70. The van der Waals surface area contributed by atoms with Gasteiger partial charge in [-0.15, -0.1) is 0 Å². The molecule has 23 heavy (non-hydrogen) atoms. The summed E-state index contributed by atoms with van der Waals surface area (Å²) in [6.07, 6.45) is 0.0487. The monoisotopic (exact) mass is 337 g/mol. The van der Waals surface area contributed by atoms with Crippen LogP contribution in [0.25, 0.3) is 0 Å². The average Bonchev–Trinajstić information content (AvgIpc) is 2.85. The van der Waals surface area contributed by atoms with E-state index < -0.39 is 16.1 Å². The van der Waals surface area contributed by atoms with Crippen LogP contribution in [0.1, 0.15) is 35.2 Å². The van der Waals surface area contributed by atoms with Crippen molar-refractivity contribution in [2.75, 3.05) is 12.3 Å². The molecule has 0 saturated carbocycles. The van der Waals surface area contributed by atoms with Crippen molar-refractivity contribution < 1.29 is 17.9 Å². The van der Waals surface area contributed by atoms with Gasteiger partial charge >= 0.3 is 0 Å². The number of hydrogen-bond acceptors (Lipinski definition) is 4. The third kappa shape index (κ3) is 5.49. The van der Waals surface area contributed by atoms with Crippen molar-refractivity contribution in [1.82, 2.24) is 4.72 Å². The predicted molar refractivity (Wildman–Crippen MR) is 89.7 cm³/mol. The number of aliphatic hydroxyl groups excluding tert-OH is 1. The fraction of sp³-hybridized carbons (Fsp3) is 0.412. The summed E-state index contributed by atoms with van der Waals surface area (Å²) in [6.45, 7) is 3.80. The largest absolute Gasteiger partial charge is 0.466 e. The van der Waals surface area contributed by atoms with Gasteiger partial charge in [0.05, 0.1) is 11.9 Å². The minimum atomic E-state index is -3.35. The van der Waals surface area contributed by atoms with E-state index in [-0.39, 0.29) is 12.3 Å². The molecule has 0 amide bonds. The van der Waals surface area contributed by atoms with E-state index in [2.05, 4.69) is 4.72 Å². The smallest absolute Gasteiger partial charge is 0.211 e. The third-order valence-corrected chi connectivity index (χ3v) is 5.07. The van der Waals surface area contributed by atoms with Crippen LogP contribution in [0.5, 0.6) is 0 Å². The van der Waals surface area contributed by atoms with Crippen molar-refractivity contribution in [2.45, 2.75) is 32.8 Å². The zero-order valence-corrected chi connectivity index (χ0v) is 14.3. The highest BCUT2D eigenvalue weighted by Crippen LogP contribution is 2.23. The van der Waals surface area contributed by atoms with Crippen molar-refractivity contribution in [3.05, 3.63) is 59.0 Å². The van der Waals surface area contributed by atoms with Gasteiger partial charge < -0.3 is 9.52 Å². The minimum absolute atomic E-state index is 0.0386. The second-order valence-electron chi connectivity index (χ2n) is 5.62. The van der Waals surface area contributed by atoms with Crippen LogP contribution in [0.4, 0.5) is 0 Å². The molecule has 126 valence electrons. The highest BCUT2D eigenvalue weighted by molar-refractivity contribution is 7.89. The maximum Gasteiger partial charge on any atom is 0.211 e. The van der Waals surface area contributed by atoms with Crippen LogP contribution in [0, 0.1) is 13.8 Å². The summed E-state index contributed by atoms with van der Waals surface area (Å²) in [5.74, 6) is 1.44. The summed E-state index contributed by atoms with van der Waals surface area (Å²) in [7, 11) is -3.35. The van der Waals surface area contributed by atoms with Gasteiger partial charge in [-0.05, 0) is 38.3 Å². The maximum absolute atomic E-state index is 12.0. The molecule has 0 aliphatic carbocycles. The van der Waals surface area contributed by atoms with Gasteiger partial charge in [0.15, 0.2) is 0 Å². The Morgan fingerprint density at radius 1 is 1.22 bits per heavy atom. The molecule has 0 radical (unpaired) electrons. The van der Waals surface area contributed by atoms with Crippen molar-refractivity contribution in [3.63, 3.8) is 0 Å². The Balaban J connectivity index is 1.79. The van der Waals surface area contributed by atoms with Gasteiger partial charge in [-0.25, -0.2) is 13.1 Å². The number of hydrogen-bond donors (Lipinski definition) is 2. The number of rotatable bonds is 8. The van der Waals surface area contributed by atoms with Crippen LogP contribution in [0.2, 0.25) is 0 Å². The number of aryl methyl sites for hydroxylation is 3. The molecule has 0 aliphatic heterocycles. The van der Waals surface area contributed by atoms with Crippen LogP contribution in [0.15, 0.2) is 40.8 Å². The second-order valence-corrected chi connectivity index (χ2v) is 7.55. The number of aliphatic hydroxyl groups is 1. The molecule has 0 saturated heterocycles. The fourth-order valence-electron chi connectivity index (χ4n) is 2.46. The zero-order chi connectivity index (χ0) is 16.9. The summed E-state index contributed by atoms with van der Waals surface area (Å²) in [5, 5.41) is 10.1. The van der Waals surface area contributed by atoms with Gasteiger partial charge in [-0.3, -0.25) is 0 Å². The molecule has 1 heterocycles. The van der Waals surface area contributed by atoms with Crippen molar-refractivity contribution in [3.8, 4) is 0 Å². The Kier molecular flexibility index (Phi) is 5.98. The van der Waals surface area contributed by atoms with E-state index in [1.165, 1.54) is 0 Å². The van der Waals surface area contributed by atoms with Crippen molar-refractivity contribution in [2.24, 2.45) is 0 Å². The van der Waals surface area contributed by atoms with E-state index in [0.717, 1.165) is 11.3 Å². The maximum atomic E-state index is 12.0. The van der Waals surface area contributed by atoms with Crippen LogP contribution >= 0.6 is 0 Å². The summed E-state index contributed by atoms with van der Waals surface area (Å²) in [4.78, 5) is 0. The Morgan fingerprint density at radius 3 is 2.52 bits per heavy atom. The lowest BCUT2D eigenvalue weighted by Crippen LogP contribution is -2.29. The molecule has 2 N–H and O–H groups in total. The normalized spacial score (nSPS) is 13.2. The van der Waals surface area contributed by atoms with Crippen molar-refractivity contribution in [1.29, 1.82) is 0 Å². The Hall–Kier alpha value is -1.63. The lowest BCUT2D eigenvalue weighted by Gasteiger charge is -2.11. The fourth-order valence-corrected chi connectivity index (χ4v) is 3.53. The van der Waals surface area contributed by atoms with E-state index in [1.807, 2.05) is 37.3 Å². The number of furan rings is 1. The molecule has 1 atom stereocenters. The summed E-state index contributed by atoms with van der Waals surface area (Å²) >= 11 is 0. The quantitative estimate of drug-likeness (QED) is 0.775. The molecule has 0 unspecified atom stereocenters. The lowest BCUT2D eigenvalue weighted by molar-refractivity contribution is 0.167. The number of benzene rings is 1. The summed E-state index contributed by atoms with van der Waals surface area (Å²) in [6, 6.07) is 11.3. The first-order valence-electron chi connectivity index (χ1n) is 7.63. The van der Waals surface area contributed by atoms with Gasteiger partial charge in [0.25, 0.3) is 0 Å². The highest BCUT2D eigenvalue weighted by atomic mass is 32.2. The number of sulfonamides is 1. The van der Waals surface area contributed by atoms with Crippen LogP contribution in [0.3, 0.4) is 0 Å². The zero-order valence-electron chi connectivity index (χ0n) is 13.5. The molecule has 0 fully saturated rings. The molecular weight excluding hydrogens is 314 g/mol. The Morgan fingerprint density at radius 2 is 1.91 bits per heavy atom. The van der Waals surface area contributed by atoms with E-state index in [4.69, 9.17) is 4.42 Å². The molecule has 2 aromatic rings. The topological polar surface area (TPSA) is 79.5 Å². The summed E-state index contributed by atoms with van der Waals surface area (Å²) < 4.78 is 31.9. The average molecular weight is 337 g/mol. The van der Waals surface area contributed by atoms with E-state index in [0.29, 0.717) is 24.2 Å². The van der Waals surface area contributed by atoms with Crippen LogP contribution < -0.4 is 4.72 Å². The van der Waals surface area contributed by atoms with Gasteiger partial charge in [0.1, 0.15) is 11.5 Å². The second kappa shape index (κ2) is 7.77. The molecule has 5 nitrogen and oxygen atoms in total. The minimum Gasteiger partial charge on any atom is -0.466 e. The molecule has 2 rings (SSSR count). The van der Waals surface area contributed by atoms with Crippen molar-refractivity contribution >= 4 is 10.0 Å². The SMILES string of the molecule is Cc1cc([C@@H](O)CCNS(=O)(=O)CCc2ccccc2)c(C)o1. The van der Waals surface area contributed by atoms with Crippen LogP contribution in [-0.2, 0) is 16.4 Å². The van der Waals surface area contributed by atoms with Gasteiger partial charge in [0, 0.05) is 12.1 Å². The predicted octanol–water partition coefficient (Wildman–Crippen LogP) is 2.48. The first-order chi connectivity index (χ1) is 10.9. The molecule has 1 aromatic carbocycles. The molecule has 0 spiro atoms. The van der Waals surface area contributed by atoms with E-state index in [9.17, 15) is 13.5 Å². The van der Waals surface area contributed by atoms with Gasteiger partial charge in [0.2, 0.25) is 10.0 Å². The first-order valence-corrected chi connectivity index (χ1v) is 9.29. The molecule has 1 aromatic heterocycles. The Labute approximate surface area is 137 Å². The van der Waals surface area contributed by atoms with E-state index in [1.54, 1.807) is 13.0 Å². The number of nitrogens with one attached hydrogen (secondary N) is 1. The lowest BCUT2D eigenvalue weighted by atomic mass is 10.1. The third-order valence-electron chi connectivity index (χ3n) is 3.68. The molecule has 6 heteroatoms. The highest BCUT2D eigenvalue weighted by Gasteiger charge is 2.16. The standard InChI is InChI=1S/C17H23NO4S/c1-13-12-16(14(2)22-13)17(19)8-10-18-23(20,21)11-9-15-6-4-3-5-7-15/h3-7,12,17-19H,8-11H2,1-2H3/t17-/m0/s1. The van der Waals surface area contributed by atoms with Gasteiger partial charge in [-0.2, -0.15) is 0 Å². The van der Waals surface area contributed by atoms with Gasteiger partial charge in [-0.1, -0.05) is 30.3 Å². The molecule has 0 aliphatic rings. The molecular formula is C17H23NO4S. The van der Waals surface area contributed by atoms with Crippen LogP contribution in [-0.4, -0.2) is 25.8 Å². The first kappa shape index (κ1) is 17.7. The van der Waals surface area contributed by atoms with E-state index >= 15 is 0 Å². The molecule has 0 bridgehead atoms.